The van der Waals surface area contributed by atoms with Gasteiger partial charge >= 0.3 is 0 Å². The normalized spacial score (nSPS) is 17.3. The molecule has 2 atom stereocenters. The molecule has 0 radical (unpaired) electrons. The lowest BCUT2D eigenvalue weighted by atomic mass is 9.77. The van der Waals surface area contributed by atoms with Crippen LogP contribution in [0.1, 0.15) is 100 Å². The Morgan fingerprint density at radius 2 is 1.71 bits per heavy atom. The highest BCUT2D eigenvalue weighted by molar-refractivity contribution is 5.41. The van der Waals surface area contributed by atoms with Crippen LogP contribution < -0.4 is 4.74 Å². The van der Waals surface area contributed by atoms with Crippen LogP contribution in [0.5, 0.6) is 5.75 Å². The van der Waals surface area contributed by atoms with Crippen molar-refractivity contribution in [3.8, 4) is 5.75 Å². The molecule has 0 amide bonds. The Bertz CT molecular complexity index is 1050. The number of nitrogens with zero attached hydrogens (tertiary/aromatic N) is 1. The Balaban J connectivity index is 1.69. The molecule has 0 aliphatic heterocycles. The monoisotopic (exact) mass is 541 g/mol. The van der Waals surface area contributed by atoms with E-state index in [1.54, 1.807) is 6.07 Å². The number of halogens is 5. The molecule has 0 N–H and O–H groups in total. The summed E-state index contributed by atoms with van der Waals surface area (Å²) in [6.07, 6.45) is 7.16. The van der Waals surface area contributed by atoms with Gasteiger partial charge in [-0.25, -0.2) is 18.2 Å². The van der Waals surface area contributed by atoms with Crippen molar-refractivity contribution >= 4 is 0 Å². The van der Waals surface area contributed by atoms with Crippen LogP contribution in [0.3, 0.4) is 0 Å². The van der Waals surface area contributed by atoms with Crippen molar-refractivity contribution < 1.29 is 31.4 Å². The van der Waals surface area contributed by atoms with Crippen molar-refractivity contribution in [1.82, 2.24) is 4.98 Å². The maximum atomic E-state index is 15.6. The highest BCUT2D eigenvalue weighted by atomic mass is 19.3. The van der Waals surface area contributed by atoms with Gasteiger partial charge in [0.25, 0.3) is 5.92 Å². The summed E-state index contributed by atoms with van der Waals surface area (Å²) in [4.78, 5) is 3.84. The van der Waals surface area contributed by atoms with Gasteiger partial charge in [0.15, 0.2) is 11.6 Å². The molecule has 212 valence electrons. The number of ether oxygens (including phenoxy) is 2. The van der Waals surface area contributed by atoms with Gasteiger partial charge in [-0.2, -0.15) is 8.78 Å². The SMILES string of the molecule is CCCCCOCCCOc1ccc(C2CCc3cc(CC(C)CCCC)nc(F)c3C2(F)F)c(F)c1F. The van der Waals surface area contributed by atoms with Crippen LogP contribution in [0.25, 0.3) is 0 Å². The molecule has 3 rings (SSSR count). The van der Waals surface area contributed by atoms with Crippen LogP contribution in [-0.4, -0.2) is 24.8 Å². The van der Waals surface area contributed by atoms with Gasteiger partial charge in [0.1, 0.15) is 0 Å². The average molecular weight is 542 g/mol. The maximum absolute atomic E-state index is 15.6. The number of hydrogen-bond donors (Lipinski definition) is 0. The van der Waals surface area contributed by atoms with Crippen LogP contribution in [0.15, 0.2) is 18.2 Å². The molecule has 1 aromatic heterocycles. The minimum atomic E-state index is -3.73. The summed E-state index contributed by atoms with van der Waals surface area (Å²) < 4.78 is 86.6. The molecule has 0 saturated carbocycles. The fraction of sp³-hybridized carbons (Fsp3) is 0.633. The Morgan fingerprint density at radius 1 is 0.974 bits per heavy atom. The quantitative estimate of drug-likeness (QED) is 0.128. The smallest absolute Gasteiger partial charge is 0.284 e. The minimum absolute atomic E-state index is 0.104. The standard InChI is InChI=1S/C30H40F5NO2/c1-4-6-8-15-37-16-9-17-38-25-14-12-23(27(31)28(25)32)24-13-11-21-19-22(18-20(3)10-7-5-2)36-29(33)26(21)30(24,34)35/h12,14,19-20,24H,4-11,13,15-18H2,1-3H3. The van der Waals surface area contributed by atoms with Crippen molar-refractivity contribution in [1.29, 1.82) is 0 Å². The van der Waals surface area contributed by atoms with Crippen LogP contribution in [0.4, 0.5) is 22.0 Å². The van der Waals surface area contributed by atoms with Gasteiger partial charge in [-0.3, -0.25) is 0 Å². The number of rotatable bonds is 15. The van der Waals surface area contributed by atoms with Crippen LogP contribution >= 0.6 is 0 Å². The van der Waals surface area contributed by atoms with Gasteiger partial charge in [-0.15, -0.1) is 0 Å². The van der Waals surface area contributed by atoms with E-state index in [1.807, 2.05) is 6.92 Å². The molecular formula is C30H40F5NO2. The third-order valence-corrected chi connectivity index (χ3v) is 7.23. The van der Waals surface area contributed by atoms with Crippen molar-refractivity contribution in [2.24, 2.45) is 5.92 Å². The predicted molar refractivity (Wildman–Crippen MR) is 138 cm³/mol. The maximum Gasteiger partial charge on any atom is 0.284 e. The second-order valence-electron chi connectivity index (χ2n) is 10.4. The third-order valence-electron chi connectivity index (χ3n) is 7.23. The van der Waals surface area contributed by atoms with E-state index in [1.165, 1.54) is 0 Å². The number of pyridine rings is 1. The van der Waals surface area contributed by atoms with E-state index in [0.717, 1.165) is 50.7 Å². The zero-order valence-corrected chi connectivity index (χ0v) is 22.7. The summed E-state index contributed by atoms with van der Waals surface area (Å²) >= 11 is 0. The molecule has 3 nitrogen and oxygen atoms in total. The first-order chi connectivity index (χ1) is 18.2. The molecule has 0 fully saturated rings. The summed E-state index contributed by atoms with van der Waals surface area (Å²) in [6.45, 7) is 7.39. The first-order valence-corrected chi connectivity index (χ1v) is 14.0. The van der Waals surface area contributed by atoms with Crippen LogP contribution in [0, 0.1) is 23.5 Å². The Kier molecular flexibility index (Phi) is 11.4. The van der Waals surface area contributed by atoms with E-state index in [9.17, 15) is 8.78 Å². The molecule has 0 bridgehead atoms. The van der Waals surface area contributed by atoms with E-state index < -0.39 is 40.5 Å². The van der Waals surface area contributed by atoms with E-state index in [-0.39, 0.29) is 36.7 Å². The molecule has 38 heavy (non-hydrogen) atoms. The summed E-state index contributed by atoms with van der Waals surface area (Å²) in [5.74, 6) is -9.46. The molecule has 2 unspecified atom stereocenters. The Morgan fingerprint density at radius 3 is 2.45 bits per heavy atom. The number of hydrogen-bond acceptors (Lipinski definition) is 3. The molecule has 1 aliphatic rings. The van der Waals surface area contributed by atoms with Crippen molar-refractivity contribution in [3.05, 3.63) is 58.2 Å². The highest BCUT2D eigenvalue weighted by Gasteiger charge is 2.50. The molecule has 1 aromatic carbocycles. The van der Waals surface area contributed by atoms with E-state index in [4.69, 9.17) is 9.47 Å². The fourth-order valence-electron chi connectivity index (χ4n) is 5.12. The van der Waals surface area contributed by atoms with Crippen molar-refractivity contribution in [3.63, 3.8) is 0 Å². The second-order valence-corrected chi connectivity index (χ2v) is 10.4. The first-order valence-electron chi connectivity index (χ1n) is 14.0. The number of alkyl halides is 2. The molecular weight excluding hydrogens is 501 g/mol. The number of fused-ring (bicyclic) bond motifs is 1. The van der Waals surface area contributed by atoms with Crippen LogP contribution in [-0.2, 0) is 23.5 Å². The lowest BCUT2D eigenvalue weighted by molar-refractivity contribution is -0.0486. The molecule has 0 spiro atoms. The third kappa shape index (κ3) is 7.45. The summed E-state index contributed by atoms with van der Waals surface area (Å²) in [5.41, 5.74) is -0.655. The Hall–Kier alpha value is -2.22. The number of aryl methyl sites for hydroxylation is 1. The van der Waals surface area contributed by atoms with Crippen LogP contribution in [0.2, 0.25) is 0 Å². The number of benzene rings is 1. The zero-order chi connectivity index (χ0) is 27.7. The topological polar surface area (TPSA) is 31.4 Å². The molecule has 8 heteroatoms. The van der Waals surface area contributed by atoms with E-state index >= 15 is 13.2 Å². The van der Waals surface area contributed by atoms with Crippen molar-refractivity contribution in [2.75, 3.05) is 19.8 Å². The van der Waals surface area contributed by atoms with Gasteiger partial charge in [0.2, 0.25) is 11.8 Å². The summed E-state index contributed by atoms with van der Waals surface area (Å²) in [5, 5.41) is 0. The zero-order valence-electron chi connectivity index (χ0n) is 22.7. The molecule has 1 aliphatic carbocycles. The van der Waals surface area contributed by atoms with E-state index in [0.29, 0.717) is 31.7 Å². The second kappa shape index (κ2) is 14.2. The van der Waals surface area contributed by atoms with Gasteiger partial charge in [0, 0.05) is 30.9 Å². The molecule has 2 aromatic rings. The predicted octanol–water partition coefficient (Wildman–Crippen LogP) is 8.67. The van der Waals surface area contributed by atoms with Gasteiger partial charge in [0.05, 0.1) is 18.1 Å². The summed E-state index contributed by atoms with van der Waals surface area (Å²) in [6, 6.07) is 3.83. The highest BCUT2D eigenvalue weighted by Crippen LogP contribution is 2.51. The van der Waals surface area contributed by atoms with Gasteiger partial charge < -0.3 is 9.47 Å². The minimum Gasteiger partial charge on any atom is -0.490 e. The average Bonchev–Trinajstić information content (AvgIpc) is 2.87. The molecule has 0 saturated heterocycles. The van der Waals surface area contributed by atoms with Gasteiger partial charge in [-0.1, -0.05) is 58.9 Å². The molecule has 1 heterocycles. The van der Waals surface area contributed by atoms with Gasteiger partial charge in [-0.05, 0) is 49.3 Å². The lowest BCUT2D eigenvalue weighted by Crippen LogP contribution is -2.33. The number of aromatic nitrogens is 1. The fourth-order valence-corrected chi connectivity index (χ4v) is 5.12. The number of unbranched alkanes of at least 4 members (excludes halogenated alkanes) is 3. The summed E-state index contributed by atoms with van der Waals surface area (Å²) in [7, 11) is 0. The largest absolute Gasteiger partial charge is 0.490 e. The Labute approximate surface area is 223 Å². The first kappa shape index (κ1) is 30.3. The van der Waals surface area contributed by atoms with E-state index in [2.05, 4.69) is 18.8 Å². The van der Waals surface area contributed by atoms with Crippen molar-refractivity contribution in [2.45, 2.75) is 96.8 Å². The lowest BCUT2D eigenvalue weighted by Gasteiger charge is -2.34.